The minimum atomic E-state index is -0.776. The van der Waals surface area contributed by atoms with Crippen molar-refractivity contribution in [2.45, 2.75) is 26.9 Å². The van der Waals surface area contributed by atoms with Crippen LogP contribution in [0.15, 0.2) is 26.8 Å². The van der Waals surface area contributed by atoms with Gasteiger partial charge in [0.2, 0.25) is 5.96 Å². The summed E-state index contributed by atoms with van der Waals surface area (Å²) in [5.41, 5.74) is 11.1. The molecule has 1 aromatic carbocycles. The molecule has 8 nitrogen and oxygen atoms in total. The molecule has 24 heavy (non-hydrogen) atoms. The summed E-state index contributed by atoms with van der Waals surface area (Å²) in [6.07, 6.45) is 0.688. The lowest BCUT2D eigenvalue weighted by molar-refractivity contribution is -0.150. The van der Waals surface area contributed by atoms with E-state index < -0.39 is 12.1 Å². The van der Waals surface area contributed by atoms with Crippen molar-refractivity contribution in [1.29, 1.82) is 0 Å². The number of hydrogen-bond donors (Lipinski definition) is 2. The van der Waals surface area contributed by atoms with Crippen molar-refractivity contribution in [3.63, 3.8) is 0 Å². The van der Waals surface area contributed by atoms with Gasteiger partial charge in [0.05, 0.1) is 23.9 Å². The zero-order valence-corrected chi connectivity index (χ0v) is 15.4. The van der Waals surface area contributed by atoms with Crippen LogP contribution in [0.25, 0.3) is 0 Å². The summed E-state index contributed by atoms with van der Waals surface area (Å²) in [7, 11) is 0. The molecule has 0 amide bonds. The van der Waals surface area contributed by atoms with Gasteiger partial charge < -0.3 is 25.7 Å². The molecule has 0 aliphatic carbocycles. The highest BCUT2D eigenvalue weighted by Crippen LogP contribution is 2.37. The largest absolute Gasteiger partial charge is 0.490 e. The number of hydrogen-bond acceptors (Lipinski definition) is 6. The van der Waals surface area contributed by atoms with E-state index in [4.69, 9.17) is 25.7 Å². The fourth-order valence-electron chi connectivity index (χ4n) is 1.69. The first-order valence-corrected chi connectivity index (χ1v) is 8.09. The molecule has 1 atom stereocenters. The summed E-state index contributed by atoms with van der Waals surface area (Å²) in [6, 6.07) is 3.44. The van der Waals surface area contributed by atoms with E-state index in [0.717, 1.165) is 0 Å². The van der Waals surface area contributed by atoms with E-state index in [9.17, 15) is 4.79 Å². The molecule has 1 aromatic rings. The molecule has 1 unspecified atom stereocenters. The highest BCUT2D eigenvalue weighted by atomic mass is 79.9. The predicted molar refractivity (Wildman–Crippen MR) is 95.4 cm³/mol. The second kappa shape index (κ2) is 9.76. The Kier molecular flexibility index (Phi) is 8.03. The number of nitrogens with two attached hydrogens (primary N) is 2. The number of esters is 1. The van der Waals surface area contributed by atoms with E-state index in [1.807, 2.05) is 6.92 Å². The molecule has 0 aliphatic heterocycles. The van der Waals surface area contributed by atoms with E-state index in [-0.39, 0.29) is 12.6 Å². The lowest BCUT2D eigenvalue weighted by atomic mass is 10.2. The molecule has 0 saturated heterocycles. The van der Waals surface area contributed by atoms with E-state index in [0.29, 0.717) is 28.1 Å². The Hall–Kier alpha value is -2.29. The Labute approximate surface area is 149 Å². The molecule has 0 bridgehead atoms. The first kappa shape index (κ1) is 19.8. The van der Waals surface area contributed by atoms with Gasteiger partial charge in [0.25, 0.3) is 0 Å². The van der Waals surface area contributed by atoms with Crippen molar-refractivity contribution in [3.8, 4) is 11.5 Å². The topological polar surface area (TPSA) is 122 Å². The van der Waals surface area contributed by atoms with Gasteiger partial charge in [0.1, 0.15) is 0 Å². The monoisotopic (exact) mass is 400 g/mol. The average molecular weight is 401 g/mol. The summed E-state index contributed by atoms with van der Waals surface area (Å²) in [4.78, 5) is 11.7. The van der Waals surface area contributed by atoms with Crippen LogP contribution in [0.4, 0.5) is 0 Å². The fourth-order valence-corrected chi connectivity index (χ4v) is 2.24. The van der Waals surface area contributed by atoms with Crippen LogP contribution in [-0.4, -0.2) is 37.5 Å². The quantitative estimate of drug-likeness (QED) is 0.296. The third-order valence-electron chi connectivity index (χ3n) is 2.62. The van der Waals surface area contributed by atoms with Crippen LogP contribution in [0.2, 0.25) is 0 Å². The number of nitrogens with zero attached hydrogens (tertiary/aromatic N) is 2. The Morgan fingerprint density at radius 1 is 1.33 bits per heavy atom. The molecule has 0 heterocycles. The molecular weight excluding hydrogens is 380 g/mol. The van der Waals surface area contributed by atoms with Crippen molar-refractivity contribution in [2.24, 2.45) is 21.7 Å². The van der Waals surface area contributed by atoms with Gasteiger partial charge in [-0.15, -0.1) is 5.10 Å². The van der Waals surface area contributed by atoms with Crippen LogP contribution >= 0.6 is 15.9 Å². The van der Waals surface area contributed by atoms with E-state index in [1.165, 1.54) is 6.21 Å². The van der Waals surface area contributed by atoms with Crippen LogP contribution in [0.5, 0.6) is 11.5 Å². The number of benzene rings is 1. The minimum absolute atomic E-state index is 0.140. The summed E-state index contributed by atoms with van der Waals surface area (Å²) >= 11 is 3.40. The van der Waals surface area contributed by atoms with Crippen molar-refractivity contribution in [3.05, 3.63) is 22.2 Å². The maximum absolute atomic E-state index is 11.7. The van der Waals surface area contributed by atoms with Crippen LogP contribution in [-0.2, 0) is 9.53 Å². The maximum Gasteiger partial charge on any atom is 0.347 e. The highest BCUT2D eigenvalue weighted by Gasteiger charge is 2.20. The van der Waals surface area contributed by atoms with Crippen molar-refractivity contribution >= 4 is 34.1 Å². The van der Waals surface area contributed by atoms with Gasteiger partial charge in [-0.2, -0.15) is 5.10 Å². The molecule has 1 rings (SSSR count). The summed E-state index contributed by atoms with van der Waals surface area (Å²) < 4.78 is 16.8. The Morgan fingerprint density at radius 3 is 2.62 bits per heavy atom. The lowest BCUT2D eigenvalue weighted by Gasteiger charge is -2.18. The third kappa shape index (κ3) is 6.07. The van der Waals surface area contributed by atoms with Crippen molar-refractivity contribution in [1.82, 2.24) is 0 Å². The molecule has 0 spiro atoms. The lowest BCUT2D eigenvalue weighted by Crippen LogP contribution is -2.26. The number of carbonyl (C=O) groups is 1. The zero-order chi connectivity index (χ0) is 18.1. The Balaban J connectivity index is 3.09. The predicted octanol–water partition coefficient (Wildman–Crippen LogP) is 1.79. The second-order valence-corrected chi connectivity index (χ2v) is 5.40. The van der Waals surface area contributed by atoms with Crippen molar-refractivity contribution in [2.75, 3.05) is 13.2 Å². The SMILES string of the molecule is CCOC(=O)C(C)Oc1c(Br)cc(C=NN=C(N)N)cc1OCC. The van der Waals surface area contributed by atoms with E-state index in [1.54, 1.807) is 26.0 Å². The van der Waals surface area contributed by atoms with Gasteiger partial charge in [0.15, 0.2) is 17.6 Å². The molecule has 0 fully saturated rings. The standard InChI is InChI=1S/C15H21BrN4O4/c1-4-22-12-7-10(8-19-20-15(17)18)6-11(16)13(12)24-9(3)14(21)23-5-2/h6-9H,4-5H2,1-3H3,(H4,17,18,20). The zero-order valence-electron chi connectivity index (χ0n) is 13.8. The van der Waals surface area contributed by atoms with Gasteiger partial charge in [-0.05, 0) is 54.4 Å². The van der Waals surface area contributed by atoms with Crippen LogP contribution < -0.4 is 20.9 Å². The highest BCUT2D eigenvalue weighted by molar-refractivity contribution is 9.10. The number of guanidine groups is 1. The van der Waals surface area contributed by atoms with Gasteiger partial charge in [-0.25, -0.2) is 4.79 Å². The summed E-state index contributed by atoms with van der Waals surface area (Å²) in [5.74, 6) is 0.259. The Bertz CT molecular complexity index is 630. The molecule has 0 aromatic heterocycles. The summed E-state index contributed by atoms with van der Waals surface area (Å²) in [5, 5.41) is 7.28. The number of halogens is 1. The average Bonchev–Trinajstić information content (AvgIpc) is 2.50. The number of rotatable bonds is 8. The molecular formula is C15H21BrN4O4. The second-order valence-electron chi connectivity index (χ2n) is 4.54. The molecule has 9 heteroatoms. The molecule has 0 saturated carbocycles. The number of carbonyl (C=O) groups excluding carboxylic acids is 1. The minimum Gasteiger partial charge on any atom is -0.490 e. The molecule has 0 radical (unpaired) electrons. The third-order valence-corrected chi connectivity index (χ3v) is 3.21. The number of ether oxygens (including phenoxy) is 3. The smallest absolute Gasteiger partial charge is 0.347 e. The van der Waals surface area contributed by atoms with E-state index >= 15 is 0 Å². The maximum atomic E-state index is 11.7. The molecule has 0 aliphatic rings. The van der Waals surface area contributed by atoms with Gasteiger partial charge in [-0.1, -0.05) is 0 Å². The van der Waals surface area contributed by atoms with Crippen LogP contribution in [0.3, 0.4) is 0 Å². The first-order chi connectivity index (χ1) is 11.4. The Morgan fingerprint density at radius 2 is 2.04 bits per heavy atom. The van der Waals surface area contributed by atoms with Crippen LogP contribution in [0, 0.1) is 0 Å². The van der Waals surface area contributed by atoms with Gasteiger partial charge in [0, 0.05) is 0 Å². The van der Waals surface area contributed by atoms with Gasteiger partial charge in [-0.3, -0.25) is 0 Å². The normalized spacial score (nSPS) is 11.8. The first-order valence-electron chi connectivity index (χ1n) is 7.30. The van der Waals surface area contributed by atoms with Crippen molar-refractivity contribution < 1.29 is 19.0 Å². The molecule has 4 N–H and O–H groups in total. The van der Waals surface area contributed by atoms with E-state index in [2.05, 4.69) is 26.1 Å². The fraction of sp³-hybridized carbons (Fsp3) is 0.400. The van der Waals surface area contributed by atoms with Crippen LogP contribution in [0.1, 0.15) is 26.3 Å². The summed E-state index contributed by atoms with van der Waals surface area (Å²) in [6.45, 7) is 5.88. The van der Waals surface area contributed by atoms with Gasteiger partial charge >= 0.3 is 5.97 Å². The molecule has 132 valence electrons.